The Morgan fingerprint density at radius 3 is 2.23 bits per heavy atom. The SMILES string of the molecule is O=S(=O)(NCc1cccc(-c2cccc(C3OC(CN4CCCCC4)CC(c4ccc(CO)cc4)O3)c2)c1)c1ccccc1. The highest BCUT2D eigenvalue weighted by molar-refractivity contribution is 7.89. The number of nitrogens with one attached hydrogen (secondary N) is 1. The van der Waals surface area contributed by atoms with Gasteiger partial charge >= 0.3 is 0 Å². The van der Waals surface area contributed by atoms with Crippen LogP contribution in [-0.4, -0.2) is 44.2 Å². The normalized spacial score (nSPS) is 21.2. The van der Waals surface area contributed by atoms with Crippen LogP contribution < -0.4 is 4.72 Å². The van der Waals surface area contributed by atoms with Crippen molar-refractivity contribution in [2.45, 2.75) is 62.2 Å². The van der Waals surface area contributed by atoms with Crippen LogP contribution in [0.25, 0.3) is 11.1 Å². The van der Waals surface area contributed by atoms with Crippen molar-refractivity contribution in [3.05, 3.63) is 125 Å². The lowest BCUT2D eigenvalue weighted by Crippen LogP contribution is -2.41. The first-order valence-corrected chi connectivity index (χ1v) is 16.9. The minimum absolute atomic E-state index is 0.0159. The lowest BCUT2D eigenvalue weighted by Gasteiger charge is -2.39. The monoisotopic (exact) mass is 612 g/mol. The van der Waals surface area contributed by atoms with Gasteiger partial charge < -0.3 is 19.5 Å². The number of sulfonamides is 1. The second-order valence-electron chi connectivity index (χ2n) is 11.7. The fourth-order valence-corrected chi connectivity index (χ4v) is 7.09. The number of nitrogens with zero attached hydrogens (tertiary/aromatic N) is 1. The molecule has 0 aromatic heterocycles. The molecular weight excluding hydrogens is 572 g/mol. The van der Waals surface area contributed by atoms with Gasteiger partial charge in [-0.25, -0.2) is 13.1 Å². The maximum Gasteiger partial charge on any atom is 0.240 e. The molecule has 2 aliphatic heterocycles. The summed E-state index contributed by atoms with van der Waals surface area (Å²) in [5.41, 5.74) is 5.76. The molecule has 6 rings (SSSR count). The molecule has 2 heterocycles. The van der Waals surface area contributed by atoms with Gasteiger partial charge in [-0.2, -0.15) is 0 Å². The summed E-state index contributed by atoms with van der Waals surface area (Å²) in [6, 6.07) is 32.5. The van der Waals surface area contributed by atoms with Crippen molar-refractivity contribution in [3.8, 4) is 11.1 Å². The van der Waals surface area contributed by atoms with Gasteiger partial charge in [-0.3, -0.25) is 0 Å². The van der Waals surface area contributed by atoms with Gasteiger partial charge in [0.05, 0.1) is 23.7 Å². The largest absolute Gasteiger partial charge is 0.392 e. The average molecular weight is 613 g/mol. The number of aliphatic hydroxyl groups is 1. The van der Waals surface area contributed by atoms with Gasteiger partial charge in [0.2, 0.25) is 10.0 Å². The fraction of sp³-hybridized carbons (Fsp3) is 0.333. The zero-order valence-corrected chi connectivity index (χ0v) is 25.7. The molecule has 2 N–H and O–H groups in total. The second-order valence-corrected chi connectivity index (χ2v) is 13.4. The molecule has 4 aromatic rings. The molecule has 0 spiro atoms. The van der Waals surface area contributed by atoms with E-state index in [-0.39, 0.29) is 30.3 Å². The van der Waals surface area contributed by atoms with Crippen LogP contribution in [0, 0.1) is 0 Å². The summed E-state index contributed by atoms with van der Waals surface area (Å²) in [6.45, 7) is 3.30. The first-order chi connectivity index (χ1) is 21.5. The van der Waals surface area contributed by atoms with Gasteiger partial charge in [-0.05, 0) is 78.0 Å². The van der Waals surface area contributed by atoms with Gasteiger partial charge in [-0.15, -0.1) is 0 Å². The van der Waals surface area contributed by atoms with Crippen molar-refractivity contribution in [1.82, 2.24) is 9.62 Å². The van der Waals surface area contributed by atoms with E-state index in [1.807, 2.05) is 60.7 Å². The topological polar surface area (TPSA) is 88.1 Å². The van der Waals surface area contributed by atoms with Crippen LogP contribution in [0.15, 0.2) is 108 Å². The molecule has 230 valence electrons. The van der Waals surface area contributed by atoms with Crippen molar-refractivity contribution in [3.63, 3.8) is 0 Å². The predicted molar refractivity (Wildman–Crippen MR) is 171 cm³/mol. The number of ether oxygens (including phenoxy) is 2. The summed E-state index contributed by atoms with van der Waals surface area (Å²) in [6.07, 6.45) is 3.90. The van der Waals surface area contributed by atoms with E-state index >= 15 is 0 Å². The third-order valence-corrected chi connectivity index (χ3v) is 9.88. The third kappa shape index (κ3) is 7.64. The van der Waals surface area contributed by atoms with Crippen molar-refractivity contribution < 1.29 is 23.0 Å². The highest BCUT2D eigenvalue weighted by Crippen LogP contribution is 2.39. The number of hydrogen-bond donors (Lipinski definition) is 2. The van der Waals surface area contributed by atoms with E-state index in [0.29, 0.717) is 0 Å². The quantitative estimate of drug-likeness (QED) is 0.217. The minimum Gasteiger partial charge on any atom is -0.392 e. The maximum atomic E-state index is 12.7. The Bertz CT molecular complexity index is 1620. The summed E-state index contributed by atoms with van der Waals surface area (Å²) in [4.78, 5) is 2.76. The first kappa shape index (κ1) is 30.6. The molecule has 0 bridgehead atoms. The average Bonchev–Trinajstić information content (AvgIpc) is 3.08. The highest BCUT2D eigenvalue weighted by Gasteiger charge is 2.33. The Hall–Kier alpha value is -3.37. The Kier molecular flexibility index (Phi) is 9.86. The van der Waals surface area contributed by atoms with Crippen LogP contribution in [0.1, 0.15) is 60.3 Å². The molecule has 7 nitrogen and oxygen atoms in total. The van der Waals surface area contributed by atoms with E-state index in [1.165, 1.54) is 19.3 Å². The van der Waals surface area contributed by atoms with E-state index in [0.717, 1.165) is 59.4 Å². The summed E-state index contributed by atoms with van der Waals surface area (Å²) in [7, 11) is -3.60. The van der Waals surface area contributed by atoms with E-state index in [4.69, 9.17) is 9.47 Å². The van der Waals surface area contributed by atoms with Crippen LogP contribution in [0.4, 0.5) is 0 Å². The smallest absolute Gasteiger partial charge is 0.240 e. The van der Waals surface area contributed by atoms with Gasteiger partial charge in [-0.1, -0.05) is 85.3 Å². The number of benzene rings is 4. The molecule has 0 saturated carbocycles. The molecule has 4 aromatic carbocycles. The Morgan fingerprint density at radius 1 is 0.750 bits per heavy atom. The zero-order chi connectivity index (χ0) is 30.4. The molecule has 44 heavy (non-hydrogen) atoms. The summed E-state index contributed by atoms with van der Waals surface area (Å²) in [5.74, 6) is 0. The Labute approximate surface area is 260 Å². The molecule has 0 amide bonds. The van der Waals surface area contributed by atoms with Gasteiger partial charge in [0.1, 0.15) is 0 Å². The molecule has 3 unspecified atom stereocenters. The van der Waals surface area contributed by atoms with Crippen molar-refractivity contribution in [2.24, 2.45) is 0 Å². The van der Waals surface area contributed by atoms with Gasteiger partial charge in [0.15, 0.2) is 6.29 Å². The summed E-state index contributed by atoms with van der Waals surface area (Å²) >= 11 is 0. The standard InChI is InChI=1S/C36H40N2O5S/c39-26-27-15-17-29(18-16-27)35-23-33(25-38-19-5-2-6-20-38)42-36(43-35)32-12-8-11-31(22-32)30-10-7-9-28(21-30)24-37-44(40,41)34-13-3-1-4-14-34/h1,3-4,7-18,21-22,33,35-37,39H,2,5-6,19-20,23-26H2. The molecule has 2 saturated heterocycles. The summed E-state index contributed by atoms with van der Waals surface area (Å²) < 4.78 is 41.4. The van der Waals surface area contributed by atoms with Crippen molar-refractivity contribution >= 4 is 10.0 Å². The number of likely N-dealkylation sites (tertiary alicyclic amines) is 1. The third-order valence-electron chi connectivity index (χ3n) is 8.46. The maximum absolute atomic E-state index is 12.7. The first-order valence-electron chi connectivity index (χ1n) is 15.4. The number of hydrogen-bond acceptors (Lipinski definition) is 6. The van der Waals surface area contributed by atoms with Crippen molar-refractivity contribution in [2.75, 3.05) is 19.6 Å². The molecule has 3 atom stereocenters. The van der Waals surface area contributed by atoms with Crippen LogP contribution in [0.3, 0.4) is 0 Å². The molecule has 0 aliphatic carbocycles. The van der Waals surface area contributed by atoms with E-state index in [1.54, 1.807) is 30.3 Å². The minimum atomic E-state index is -3.60. The Morgan fingerprint density at radius 2 is 1.48 bits per heavy atom. The van der Waals surface area contributed by atoms with Gasteiger partial charge in [0.25, 0.3) is 0 Å². The van der Waals surface area contributed by atoms with Crippen LogP contribution in [0.2, 0.25) is 0 Å². The number of rotatable bonds is 10. The zero-order valence-electron chi connectivity index (χ0n) is 24.8. The van der Waals surface area contributed by atoms with Crippen LogP contribution in [-0.2, 0) is 32.6 Å². The lowest BCUT2D eigenvalue weighted by atomic mass is 9.98. The van der Waals surface area contributed by atoms with Crippen LogP contribution >= 0.6 is 0 Å². The molecule has 8 heteroatoms. The molecule has 2 aliphatic rings. The summed E-state index contributed by atoms with van der Waals surface area (Å²) in [5, 5.41) is 9.52. The predicted octanol–water partition coefficient (Wildman–Crippen LogP) is 6.36. The second kappa shape index (κ2) is 14.2. The van der Waals surface area contributed by atoms with Crippen LogP contribution in [0.5, 0.6) is 0 Å². The van der Waals surface area contributed by atoms with E-state index < -0.39 is 16.3 Å². The number of aliphatic hydroxyl groups excluding tert-OH is 1. The molecule has 2 fully saturated rings. The molecular formula is C36H40N2O5S. The fourth-order valence-electron chi connectivity index (χ4n) is 6.05. The number of piperidine rings is 1. The van der Waals surface area contributed by atoms with E-state index in [2.05, 4.69) is 21.8 Å². The lowest BCUT2D eigenvalue weighted by molar-refractivity contribution is -0.253. The van der Waals surface area contributed by atoms with Crippen molar-refractivity contribution in [1.29, 1.82) is 0 Å². The highest BCUT2D eigenvalue weighted by atomic mass is 32.2. The van der Waals surface area contributed by atoms with E-state index in [9.17, 15) is 13.5 Å². The van der Waals surface area contributed by atoms with Gasteiger partial charge in [0, 0.05) is 25.1 Å². The Balaban J connectivity index is 1.21. The molecule has 0 radical (unpaired) electrons.